The number of hydrogen-bond acceptors (Lipinski definition) is 7. The van der Waals surface area contributed by atoms with Crippen LogP contribution < -0.4 is 11.3 Å². The minimum Gasteiger partial charge on any atom is -0.369 e. The summed E-state index contributed by atoms with van der Waals surface area (Å²) in [7, 11) is -0.543. The summed E-state index contributed by atoms with van der Waals surface area (Å²) in [6.45, 7) is 0.341. The second kappa shape index (κ2) is 5.45. The molecule has 10 heteroatoms. The number of aromatic amines is 1. The highest BCUT2D eigenvalue weighted by Crippen LogP contribution is 2.30. The van der Waals surface area contributed by atoms with Crippen LogP contribution in [0.2, 0.25) is 0 Å². The summed E-state index contributed by atoms with van der Waals surface area (Å²) in [6, 6.07) is 0. The molecule has 0 amide bonds. The largest absolute Gasteiger partial charge is 0.369 e. The van der Waals surface area contributed by atoms with Gasteiger partial charge in [0.2, 0.25) is 5.95 Å². The highest BCUT2D eigenvalue weighted by atomic mass is 31.1. The Morgan fingerprint density at radius 3 is 3.30 bits per heavy atom. The summed E-state index contributed by atoms with van der Waals surface area (Å²) in [5.74, 6) is 0.0450. The third-order valence-corrected chi connectivity index (χ3v) is 3.48. The van der Waals surface area contributed by atoms with E-state index >= 15 is 0 Å². The van der Waals surface area contributed by atoms with Crippen LogP contribution in [0.15, 0.2) is 11.1 Å². The van der Waals surface area contributed by atoms with Gasteiger partial charge in [0.05, 0.1) is 19.0 Å². The summed E-state index contributed by atoms with van der Waals surface area (Å²) < 4.78 is 12.4. The maximum absolute atomic E-state index is 11.7. The summed E-state index contributed by atoms with van der Waals surface area (Å²) in [4.78, 5) is 30.9. The molecule has 0 aromatic carbocycles. The molecule has 3 atom stereocenters. The van der Waals surface area contributed by atoms with Crippen molar-refractivity contribution >= 4 is 26.1 Å². The van der Waals surface area contributed by atoms with Gasteiger partial charge in [-0.3, -0.25) is 14.3 Å². The normalized spacial score (nSPS) is 23.2. The number of nitrogens with one attached hydrogen (secondary N) is 1. The van der Waals surface area contributed by atoms with Gasteiger partial charge in [0.15, 0.2) is 20.2 Å². The Morgan fingerprint density at radius 2 is 2.50 bits per heavy atom. The van der Waals surface area contributed by atoms with E-state index < -0.39 is 9.03 Å². The molecule has 0 radical (unpaired) electrons. The average Bonchev–Trinajstić information content (AvgIpc) is 3.02. The van der Waals surface area contributed by atoms with Crippen molar-refractivity contribution in [2.24, 2.45) is 0 Å². The average molecular weight is 299 g/mol. The molecular formula is C10H14N5O4P. The molecule has 0 spiro atoms. The van der Waals surface area contributed by atoms with Gasteiger partial charge in [-0.05, 0) is 12.8 Å². The zero-order chi connectivity index (χ0) is 14.1. The molecule has 3 rings (SSSR count). The Labute approximate surface area is 115 Å². The molecular weight excluding hydrogens is 285 g/mol. The van der Waals surface area contributed by atoms with Crippen molar-refractivity contribution in [1.82, 2.24) is 19.5 Å². The summed E-state index contributed by atoms with van der Waals surface area (Å²) >= 11 is 0. The molecule has 1 fully saturated rings. The monoisotopic (exact) mass is 299 g/mol. The van der Waals surface area contributed by atoms with Crippen molar-refractivity contribution in [1.29, 1.82) is 0 Å². The van der Waals surface area contributed by atoms with Gasteiger partial charge in [0, 0.05) is 0 Å². The third kappa shape index (κ3) is 2.40. The highest BCUT2D eigenvalue weighted by molar-refractivity contribution is 7.24. The van der Waals surface area contributed by atoms with Gasteiger partial charge in [-0.25, -0.2) is 4.98 Å². The van der Waals surface area contributed by atoms with Crippen molar-refractivity contribution < 1.29 is 14.2 Å². The number of nitrogens with two attached hydrogens (primary N) is 1. The van der Waals surface area contributed by atoms with E-state index in [9.17, 15) is 4.79 Å². The molecule has 3 heterocycles. The van der Waals surface area contributed by atoms with Gasteiger partial charge in [-0.1, -0.05) is 0 Å². The lowest BCUT2D eigenvalue weighted by molar-refractivity contribution is -0.0147. The number of H-pyrrole nitrogens is 1. The predicted octanol–water partition coefficient (Wildman–Crippen LogP) is -0.103. The molecule has 4 N–H and O–H groups in total. The second-order valence-corrected chi connectivity index (χ2v) is 4.94. The van der Waals surface area contributed by atoms with Gasteiger partial charge in [0.1, 0.15) is 6.23 Å². The maximum atomic E-state index is 11.7. The van der Waals surface area contributed by atoms with E-state index in [4.69, 9.17) is 19.9 Å². The number of fused-ring (bicyclic) bond motifs is 1. The Hall–Kier alpha value is -1.54. The van der Waals surface area contributed by atoms with Crippen molar-refractivity contribution in [3.63, 3.8) is 0 Å². The molecule has 1 aliphatic heterocycles. The van der Waals surface area contributed by atoms with E-state index in [2.05, 4.69) is 15.0 Å². The van der Waals surface area contributed by atoms with E-state index in [1.165, 1.54) is 6.33 Å². The quantitative estimate of drug-likeness (QED) is 0.672. The Kier molecular flexibility index (Phi) is 3.66. The number of anilines is 1. The van der Waals surface area contributed by atoms with E-state index in [1.54, 1.807) is 4.57 Å². The van der Waals surface area contributed by atoms with Crippen LogP contribution in [0.25, 0.3) is 11.2 Å². The van der Waals surface area contributed by atoms with Crippen LogP contribution in [0.4, 0.5) is 5.95 Å². The van der Waals surface area contributed by atoms with Crippen LogP contribution >= 0.6 is 9.03 Å². The smallest absolute Gasteiger partial charge is 0.280 e. The molecule has 9 nitrogen and oxygen atoms in total. The topological polar surface area (TPSA) is 128 Å². The fourth-order valence-electron chi connectivity index (χ4n) is 2.30. The van der Waals surface area contributed by atoms with Crippen LogP contribution in [0.5, 0.6) is 0 Å². The standard InChI is InChI=1S/C10H14N5O4P/c11-10-13-8-7(9(16)14-10)12-4-15(8)6-2-1-5(19-6)3-18-20-17/h4-6,17,20H,1-3H2,(H3,11,13,14,16). The van der Waals surface area contributed by atoms with Crippen molar-refractivity contribution in [3.05, 3.63) is 16.7 Å². The van der Waals surface area contributed by atoms with Gasteiger partial charge >= 0.3 is 0 Å². The Balaban J connectivity index is 1.87. The van der Waals surface area contributed by atoms with E-state index in [0.29, 0.717) is 12.3 Å². The molecule has 2 aromatic heterocycles. The predicted molar refractivity (Wildman–Crippen MR) is 72.2 cm³/mol. The summed E-state index contributed by atoms with van der Waals surface area (Å²) in [5.41, 5.74) is 5.82. The fourth-order valence-corrected chi connectivity index (χ4v) is 2.56. The Bertz CT molecular complexity index is 671. The molecule has 1 aliphatic rings. The van der Waals surface area contributed by atoms with E-state index in [1.807, 2.05) is 0 Å². The van der Waals surface area contributed by atoms with Gasteiger partial charge in [-0.2, -0.15) is 4.98 Å². The first kappa shape index (κ1) is 13.4. The Morgan fingerprint density at radius 1 is 1.65 bits per heavy atom. The van der Waals surface area contributed by atoms with Crippen LogP contribution in [-0.2, 0) is 9.26 Å². The summed E-state index contributed by atoms with van der Waals surface area (Å²) in [6.07, 6.45) is 2.73. The molecule has 1 saturated heterocycles. The molecule has 0 aliphatic carbocycles. The number of nitrogens with zero attached hydrogens (tertiary/aromatic N) is 3. The molecule has 2 aromatic rings. The maximum Gasteiger partial charge on any atom is 0.280 e. The lowest BCUT2D eigenvalue weighted by atomic mass is 10.2. The number of ether oxygens (including phenoxy) is 1. The number of nitrogen functional groups attached to an aromatic ring is 1. The van der Waals surface area contributed by atoms with Crippen LogP contribution in [0, 0.1) is 0 Å². The van der Waals surface area contributed by atoms with Crippen LogP contribution in [0.1, 0.15) is 19.1 Å². The molecule has 0 bridgehead atoms. The van der Waals surface area contributed by atoms with Gasteiger partial charge in [-0.15, -0.1) is 0 Å². The van der Waals surface area contributed by atoms with E-state index in [-0.39, 0.29) is 29.4 Å². The zero-order valence-corrected chi connectivity index (χ0v) is 11.4. The first-order valence-corrected chi connectivity index (χ1v) is 6.93. The lowest BCUT2D eigenvalue weighted by Crippen LogP contribution is -2.16. The SMILES string of the molecule is Nc1nc2c(ncn2C2CCC(COPO)O2)c(=O)[nH]1. The van der Waals surface area contributed by atoms with Crippen LogP contribution in [0.3, 0.4) is 0 Å². The minimum atomic E-state index is -0.543. The van der Waals surface area contributed by atoms with Gasteiger partial charge < -0.3 is 19.9 Å². The first-order valence-electron chi connectivity index (χ1n) is 6.07. The molecule has 3 unspecified atom stereocenters. The molecule has 0 saturated carbocycles. The third-order valence-electron chi connectivity index (χ3n) is 3.18. The van der Waals surface area contributed by atoms with Crippen molar-refractivity contribution in [2.45, 2.75) is 25.2 Å². The second-order valence-electron chi connectivity index (χ2n) is 4.47. The first-order chi connectivity index (χ1) is 9.69. The number of aromatic nitrogens is 4. The number of hydrogen-bond donors (Lipinski definition) is 3. The van der Waals surface area contributed by atoms with Crippen molar-refractivity contribution in [2.75, 3.05) is 12.3 Å². The minimum absolute atomic E-state index is 0.0450. The molecule has 108 valence electrons. The van der Waals surface area contributed by atoms with Crippen LogP contribution in [-0.4, -0.2) is 37.1 Å². The summed E-state index contributed by atoms with van der Waals surface area (Å²) in [5, 5.41) is 0. The van der Waals surface area contributed by atoms with Crippen molar-refractivity contribution in [3.8, 4) is 0 Å². The molecule has 20 heavy (non-hydrogen) atoms. The zero-order valence-electron chi connectivity index (χ0n) is 10.4. The highest BCUT2D eigenvalue weighted by Gasteiger charge is 2.28. The number of rotatable bonds is 4. The number of imidazole rings is 1. The lowest BCUT2D eigenvalue weighted by Gasteiger charge is -2.14. The fraction of sp³-hybridized carbons (Fsp3) is 0.500. The van der Waals surface area contributed by atoms with E-state index in [0.717, 1.165) is 12.8 Å². The van der Waals surface area contributed by atoms with Gasteiger partial charge in [0.25, 0.3) is 5.56 Å².